The number of hydrogen-bond acceptors (Lipinski definition) is 7. The van der Waals surface area contributed by atoms with Gasteiger partial charge in [0.15, 0.2) is 5.16 Å². The number of esters is 1. The first kappa shape index (κ1) is 26.9. The Kier molecular flexibility index (Phi) is 9.63. The number of amides is 1. The molecule has 1 amide bonds. The number of carboxylic acid groups (broad SMARTS) is 1. The number of anilines is 1. The predicted octanol–water partition coefficient (Wildman–Crippen LogP) is 4.66. The van der Waals surface area contributed by atoms with E-state index in [0.29, 0.717) is 23.8 Å². The van der Waals surface area contributed by atoms with Gasteiger partial charge in [0, 0.05) is 12.1 Å². The lowest BCUT2D eigenvalue weighted by atomic mass is 10.1. The van der Waals surface area contributed by atoms with Gasteiger partial charge in [0.25, 0.3) is 5.91 Å². The molecule has 0 bridgehead atoms. The number of aromatic carboxylic acids is 1. The molecule has 36 heavy (non-hydrogen) atoms. The standard InChI is InChI=1S/C26H30N4O5S/c1-4-6-11-22-28-29-26(36-21(5-2)25(34)35-3)30(22)16-17-12-14-18(15-13-17)27-23(31)19-9-7-8-10-20(19)24(32)33/h7-10,12-15,21H,4-6,11,16H2,1-3H3,(H,27,31)(H,32,33). The molecular weight excluding hydrogens is 480 g/mol. The Labute approximate surface area is 214 Å². The third kappa shape index (κ3) is 6.72. The first-order chi connectivity index (χ1) is 17.4. The molecule has 3 rings (SSSR count). The molecule has 190 valence electrons. The molecule has 1 heterocycles. The number of carbonyl (C=O) groups excluding carboxylic acids is 2. The lowest BCUT2D eigenvalue weighted by Crippen LogP contribution is -2.19. The lowest BCUT2D eigenvalue weighted by molar-refractivity contribution is -0.140. The molecule has 0 aliphatic heterocycles. The summed E-state index contributed by atoms with van der Waals surface area (Å²) in [6.45, 7) is 4.54. The van der Waals surface area contributed by atoms with Crippen molar-refractivity contribution < 1.29 is 24.2 Å². The van der Waals surface area contributed by atoms with E-state index in [4.69, 9.17) is 4.74 Å². The van der Waals surface area contributed by atoms with Crippen LogP contribution in [-0.2, 0) is 22.5 Å². The van der Waals surface area contributed by atoms with E-state index in [2.05, 4.69) is 22.4 Å². The number of ether oxygens (including phenoxy) is 1. The molecule has 0 aliphatic rings. The van der Waals surface area contributed by atoms with Gasteiger partial charge in [-0.15, -0.1) is 10.2 Å². The Morgan fingerprint density at radius 3 is 2.36 bits per heavy atom. The van der Waals surface area contributed by atoms with Crippen LogP contribution in [0.25, 0.3) is 0 Å². The van der Waals surface area contributed by atoms with Crippen molar-refractivity contribution in [2.45, 2.75) is 56.5 Å². The Morgan fingerprint density at radius 1 is 1.06 bits per heavy atom. The number of thioether (sulfide) groups is 1. The fourth-order valence-corrected chi connectivity index (χ4v) is 4.58. The summed E-state index contributed by atoms with van der Waals surface area (Å²) >= 11 is 1.34. The summed E-state index contributed by atoms with van der Waals surface area (Å²) in [4.78, 5) is 36.2. The van der Waals surface area contributed by atoms with E-state index < -0.39 is 11.9 Å². The summed E-state index contributed by atoms with van der Waals surface area (Å²) in [6.07, 6.45) is 3.37. The van der Waals surface area contributed by atoms with E-state index in [1.807, 2.05) is 23.6 Å². The lowest BCUT2D eigenvalue weighted by Gasteiger charge is -2.14. The number of carboxylic acids is 1. The Morgan fingerprint density at radius 2 is 1.75 bits per heavy atom. The van der Waals surface area contributed by atoms with Crippen molar-refractivity contribution in [3.05, 3.63) is 71.0 Å². The number of carbonyl (C=O) groups is 3. The molecule has 1 aromatic heterocycles. The van der Waals surface area contributed by atoms with Crippen molar-refractivity contribution in [3.8, 4) is 0 Å². The molecule has 10 heteroatoms. The number of aromatic nitrogens is 3. The quantitative estimate of drug-likeness (QED) is 0.266. The third-order valence-corrected chi connectivity index (χ3v) is 6.91. The first-order valence-electron chi connectivity index (χ1n) is 11.8. The molecule has 1 unspecified atom stereocenters. The van der Waals surface area contributed by atoms with Gasteiger partial charge in [0.05, 0.1) is 24.8 Å². The molecule has 0 radical (unpaired) electrons. The van der Waals surface area contributed by atoms with Crippen molar-refractivity contribution in [3.63, 3.8) is 0 Å². The summed E-state index contributed by atoms with van der Waals surface area (Å²) in [5.74, 6) is -1.10. The normalized spacial score (nSPS) is 11.6. The molecule has 0 spiro atoms. The number of rotatable bonds is 12. The number of nitrogens with zero attached hydrogens (tertiary/aromatic N) is 3. The molecule has 0 saturated heterocycles. The second-order valence-electron chi connectivity index (χ2n) is 8.13. The van der Waals surface area contributed by atoms with Gasteiger partial charge in [0.1, 0.15) is 11.1 Å². The van der Waals surface area contributed by atoms with Crippen LogP contribution in [0.4, 0.5) is 5.69 Å². The molecule has 9 nitrogen and oxygen atoms in total. The fourth-order valence-electron chi connectivity index (χ4n) is 3.58. The zero-order valence-electron chi connectivity index (χ0n) is 20.6. The summed E-state index contributed by atoms with van der Waals surface area (Å²) in [7, 11) is 1.38. The molecule has 2 N–H and O–H groups in total. The highest BCUT2D eigenvalue weighted by atomic mass is 32.2. The number of aryl methyl sites for hydroxylation is 1. The minimum atomic E-state index is -1.16. The Bertz CT molecular complexity index is 1210. The maximum atomic E-state index is 12.6. The monoisotopic (exact) mass is 510 g/mol. The van der Waals surface area contributed by atoms with Crippen LogP contribution in [0.5, 0.6) is 0 Å². The maximum absolute atomic E-state index is 12.6. The number of methoxy groups -OCH3 is 1. The van der Waals surface area contributed by atoms with E-state index >= 15 is 0 Å². The van der Waals surface area contributed by atoms with E-state index in [1.54, 1.807) is 24.3 Å². The second-order valence-corrected chi connectivity index (χ2v) is 9.30. The van der Waals surface area contributed by atoms with Gasteiger partial charge in [-0.1, -0.05) is 56.3 Å². The van der Waals surface area contributed by atoms with Gasteiger partial charge in [-0.2, -0.15) is 0 Å². The maximum Gasteiger partial charge on any atom is 0.336 e. The predicted molar refractivity (Wildman–Crippen MR) is 137 cm³/mol. The van der Waals surface area contributed by atoms with Gasteiger partial charge in [-0.25, -0.2) is 4.79 Å². The largest absolute Gasteiger partial charge is 0.478 e. The van der Waals surface area contributed by atoms with Crippen LogP contribution in [0.3, 0.4) is 0 Å². The van der Waals surface area contributed by atoms with Crippen molar-refractivity contribution >= 4 is 35.3 Å². The zero-order valence-corrected chi connectivity index (χ0v) is 21.4. The number of unbranched alkanes of at least 4 members (excludes halogenated alkanes) is 1. The topological polar surface area (TPSA) is 123 Å². The fraction of sp³-hybridized carbons (Fsp3) is 0.346. The van der Waals surface area contributed by atoms with Crippen LogP contribution in [0, 0.1) is 0 Å². The highest BCUT2D eigenvalue weighted by Gasteiger charge is 2.23. The average Bonchev–Trinajstić information content (AvgIpc) is 3.27. The van der Waals surface area contributed by atoms with Gasteiger partial charge in [0.2, 0.25) is 0 Å². The number of hydrogen-bond donors (Lipinski definition) is 2. The van der Waals surface area contributed by atoms with Gasteiger partial charge >= 0.3 is 11.9 Å². The van der Waals surface area contributed by atoms with Crippen molar-refractivity contribution in [1.82, 2.24) is 14.8 Å². The van der Waals surface area contributed by atoms with Gasteiger partial charge in [-0.05, 0) is 42.7 Å². The molecule has 2 aromatic carbocycles. The molecule has 0 aliphatic carbocycles. The summed E-state index contributed by atoms with van der Waals surface area (Å²) < 4.78 is 6.93. The van der Waals surface area contributed by atoms with Crippen LogP contribution >= 0.6 is 11.8 Å². The van der Waals surface area contributed by atoms with Crippen molar-refractivity contribution in [1.29, 1.82) is 0 Å². The molecule has 0 saturated carbocycles. The number of benzene rings is 2. The Balaban J connectivity index is 1.78. The molecule has 0 fully saturated rings. The highest BCUT2D eigenvalue weighted by Crippen LogP contribution is 2.27. The first-order valence-corrected chi connectivity index (χ1v) is 12.6. The van der Waals surface area contributed by atoms with E-state index in [9.17, 15) is 19.5 Å². The smallest absolute Gasteiger partial charge is 0.336 e. The molecule has 3 aromatic rings. The minimum Gasteiger partial charge on any atom is -0.478 e. The van der Waals surface area contributed by atoms with E-state index in [0.717, 1.165) is 30.7 Å². The number of nitrogens with one attached hydrogen (secondary N) is 1. The van der Waals surface area contributed by atoms with Crippen molar-refractivity contribution in [2.75, 3.05) is 12.4 Å². The minimum absolute atomic E-state index is 0.0544. The SMILES string of the molecule is CCCCc1nnc(SC(CC)C(=O)OC)n1Cc1ccc(NC(=O)c2ccccc2C(=O)O)cc1. The Hall–Kier alpha value is -3.66. The summed E-state index contributed by atoms with van der Waals surface area (Å²) in [5.41, 5.74) is 1.55. The van der Waals surface area contributed by atoms with Crippen LogP contribution in [-0.4, -0.2) is 50.1 Å². The van der Waals surface area contributed by atoms with Gasteiger partial charge in [-0.3, -0.25) is 9.59 Å². The summed E-state index contributed by atoms with van der Waals surface area (Å²) in [5, 5.41) is 21.1. The van der Waals surface area contributed by atoms with Crippen LogP contribution in [0.15, 0.2) is 53.7 Å². The second kappa shape index (κ2) is 12.9. The van der Waals surface area contributed by atoms with Crippen LogP contribution in [0.1, 0.15) is 65.2 Å². The van der Waals surface area contributed by atoms with Crippen LogP contribution < -0.4 is 5.32 Å². The van der Waals surface area contributed by atoms with Crippen molar-refractivity contribution in [2.24, 2.45) is 0 Å². The average molecular weight is 511 g/mol. The van der Waals surface area contributed by atoms with Crippen LogP contribution in [0.2, 0.25) is 0 Å². The molecular formula is C26H30N4O5S. The zero-order chi connectivity index (χ0) is 26.1. The van der Waals surface area contributed by atoms with E-state index in [1.165, 1.54) is 31.0 Å². The van der Waals surface area contributed by atoms with E-state index in [-0.39, 0.29) is 22.3 Å². The van der Waals surface area contributed by atoms with Gasteiger partial charge < -0.3 is 19.7 Å². The summed E-state index contributed by atoms with van der Waals surface area (Å²) in [6, 6.07) is 13.4. The highest BCUT2D eigenvalue weighted by molar-refractivity contribution is 8.00. The molecule has 1 atom stereocenters. The third-order valence-electron chi connectivity index (χ3n) is 5.58.